The highest BCUT2D eigenvalue weighted by Gasteiger charge is 2.39. The van der Waals surface area contributed by atoms with Crippen molar-refractivity contribution in [1.29, 1.82) is 0 Å². The molecule has 0 saturated carbocycles. The number of benzene rings is 1. The van der Waals surface area contributed by atoms with Crippen LogP contribution in [0.2, 0.25) is 0 Å². The molecule has 10 heteroatoms. The highest BCUT2D eigenvalue weighted by Crippen LogP contribution is 2.31. The number of pyridine rings is 1. The zero-order valence-electron chi connectivity index (χ0n) is 16.2. The summed E-state index contributed by atoms with van der Waals surface area (Å²) in [5, 5.41) is 0. The molecule has 1 aromatic heterocycles. The van der Waals surface area contributed by atoms with Crippen LogP contribution in [0.25, 0.3) is 0 Å². The van der Waals surface area contributed by atoms with E-state index in [2.05, 4.69) is 9.71 Å². The molecule has 1 aromatic carbocycles. The van der Waals surface area contributed by atoms with Gasteiger partial charge in [0.1, 0.15) is 10.7 Å². The summed E-state index contributed by atoms with van der Waals surface area (Å²) in [6, 6.07) is 5.78. The van der Waals surface area contributed by atoms with Crippen LogP contribution in [0.5, 0.6) is 0 Å². The molecule has 1 atom stereocenters. The quantitative estimate of drug-likeness (QED) is 0.741. The van der Waals surface area contributed by atoms with Gasteiger partial charge in [0.2, 0.25) is 0 Å². The van der Waals surface area contributed by atoms with Crippen LogP contribution in [-0.4, -0.2) is 41.2 Å². The SMILES string of the molecule is CCC1(CC)CN(c2ccc(S(=O)(=O)Nc3ccc(F)c(F)c3)cn2)CCS1=O. The lowest BCUT2D eigenvalue weighted by atomic mass is 10.0. The van der Waals surface area contributed by atoms with Gasteiger partial charge in [-0.3, -0.25) is 8.93 Å². The van der Waals surface area contributed by atoms with E-state index in [0.717, 1.165) is 31.0 Å². The maximum Gasteiger partial charge on any atom is 0.263 e. The average molecular weight is 444 g/mol. The Balaban J connectivity index is 1.78. The second-order valence-corrected chi connectivity index (χ2v) is 10.6. The van der Waals surface area contributed by atoms with Crippen LogP contribution in [0, 0.1) is 11.6 Å². The van der Waals surface area contributed by atoms with E-state index >= 15 is 0 Å². The fourth-order valence-electron chi connectivity index (χ4n) is 3.39. The Morgan fingerprint density at radius 3 is 2.48 bits per heavy atom. The first-order chi connectivity index (χ1) is 13.7. The minimum absolute atomic E-state index is 0.0813. The summed E-state index contributed by atoms with van der Waals surface area (Å²) in [4.78, 5) is 6.20. The summed E-state index contributed by atoms with van der Waals surface area (Å²) >= 11 is 0. The Morgan fingerprint density at radius 1 is 1.17 bits per heavy atom. The topological polar surface area (TPSA) is 79.4 Å². The lowest BCUT2D eigenvalue weighted by Gasteiger charge is -2.41. The molecule has 0 spiro atoms. The molecule has 3 rings (SSSR count). The number of sulfonamides is 1. The molecule has 2 aromatic rings. The normalized spacial score (nSPS) is 19.2. The molecule has 29 heavy (non-hydrogen) atoms. The molecule has 1 saturated heterocycles. The number of anilines is 2. The Hall–Kier alpha value is -2.07. The Bertz CT molecular complexity index is 1010. The second-order valence-electron chi connectivity index (χ2n) is 6.95. The standard InChI is InChI=1S/C19H23F2N3O3S2/c1-3-19(4-2)13-24(9-10-28(19)25)18-8-6-15(12-22-18)29(26,27)23-14-5-7-16(20)17(21)11-14/h5-8,11-12,23H,3-4,9-10,13H2,1-2H3. The van der Waals surface area contributed by atoms with E-state index in [1.807, 2.05) is 18.7 Å². The third-order valence-electron chi connectivity index (χ3n) is 5.32. The largest absolute Gasteiger partial charge is 0.354 e. The number of halogens is 2. The fraction of sp³-hybridized carbons (Fsp3) is 0.421. The van der Waals surface area contributed by atoms with Crippen molar-refractivity contribution in [2.45, 2.75) is 36.3 Å². The molecule has 1 fully saturated rings. The summed E-state index contributed by atoms with van der Waals surface area (Å²) in [5.41, 5.74) is -0.0813. The number of hydrogen-bond acceptors (Lipinski definition) is 5. The van der Waals surface area contributed by atoms with Gasteiger partial charge in [-0.15, -0.1) is 0 Å². The van der Waals surface area contributed by atoms with Crippen LogP contribution in [0.4, 0.5) is 20.3 Å². The van der Waals surface area contributed by atoms with Crippen LogP contribution < -0.4 is 9.62 Å². The van der Waals surface area contributed by atoms with Gasteiger partial charge in [0.25, 0.3) is 10.0 Å². The first kappa shape index (κ1) is 21.6. The number of nitrogens with zero attached hydrogens (tertiary/aromatic N) is 2. The van der Waals surface area contributed by atoms with Crippen molar-refractivity contribution in [3.05, 3.63) is 48.2 Å². The summed E-state index contributed by atoms with van der Waals surface area (Å²) in [7, 11) is -4.91. The molecular formula is C19H23F2N3O3S2. The summed E-state index contributed by atoms with van der Waals surface area (Å²) < 4.78 is 65.7. The fourth-order valence-corrected chi connectivity index (χ4v) is 6.15. The summed E-state index contributed by atoms with van der Waals surface area (Å²) in [6.45, 7) is 5.23. The Kier molecular flexibility index (Phi) is 6.23. The highest BCUT2D eigenvalue weighted by atomic mass is 32.2. The predicted molar refractivity (Wildman–Crippen MR) is 110 cm³/mol. The van der Waals surface area contributed by atoms with Gasteiger partial charge in [-0.1, -0.05) is 13.8 Å². The van der Waals surface area contributed by atoms with Crippen LogP contribution in [0.1, 0.15) is 26.7 Å². The smallest absolute Gasteiger partial charge is 0.263 e. The molecule has 0 amide bonds. The molecular weight excluding hydrogens is 420 g/mol. The minimum Gasteiger partial charge on any atom is -0.354 e. The van der Waals surface area contributed by atoms with Gasteiger partial charge in [-0.05, 0) is 37.1 Å². The van der Waals surface area contributed by atoms with Gasteiger partial charge in [-0.25, -0.2) is 22.2 Å². The van der Waals surface area contributed by atoms with Crippen molar-refractivity contribution >= 4 is 32.3 Å². The zero-order valence-corrected chi connectivity index (χ0v) is 17.8. The number of aromatic nitrogens is 1. The highest BCUT2D eigenvalue weighted by molar-refractivity contribution is 7.92. The van der Waals surface area contributed by atoms with Gasteiger partial charge in [0, 0.05) is 41.9 Å². The third kappa shape index (κ3) is 4.42. The van der Waals surface area contributed by atoms with E-state index in [9.17, 15) is 21.4 Å². The molecule has 0 radical (unpaired) electrons. The van der Waals surface area contributed by atoms with Crippen molar-refractivity contribution in [3.8, 4) is 0 Å². The monoisotopic (exact) mass is 443 g/mol. The van der Waals surface area contributed by atoms with Crippen molar-refractivity contribution < 1.29 is 21.4 Å². The maximum absolute atomic E-state index is 13.3. The van der Waals surface area contributed by atoms with E-state index in [4.69, 9.17) is 0 Å². The van der Waals surface area contributed by atoms with Crippen LogP contribution in [0.15, 0.2) is 41.4 Å². The third-order valence-corrected chi connectivity index (χ3v) is 8.92. The lowest BCUT2D eigenvalue weighted by molar-refractivity contribution is 0.494. The van der Waals surface area contributed by atoms with E-state index in [0.29, 0.717) is 24.7 Å². The van der Waals surface area contributed by atoms with E-state index in [1.165, 1.54) is 12.3 Å². The van der Waals surface area contributed by atoms with Crippen molar-refractivity contribution in [1.82, 2.24) is 4.98 Å². The van der Waals surface area contributed by atoms with E-state index in [1.54, 1.807) is 6.07 Å². The van der Waals surface area contributed by atoms with Crippen molar-refractivity contribution in [2.24, 2.45) is 0 Å². The number of rotatable bonds is 6. The molecule has 1 N–H and O–H groups in total. The van der Waals surface area contributed by atoms with E-state index < -0.39 is 32.5 Å². The number of hydrogen-bond donors (Lipinski definition) is 1. The predicted octanol–water partition coefficient (Wildman–Crippen LogP) is 3.29. The van der Waals surface area contributed by atoms with Crippen molar-refractivity contribution in [2.75, 3.05) is 28.5 Å². The van der Waals surface area contributed by atoms with Gasteiger partial charge in [0.15, 0.2) is 11.6 Å². The van der Waals surface area contributed by atoms with Gasteiger partial charge < -0.3 is 4.90 Å². The number of nitrogens with one attached hydrogen (secondary N) is 1. The molecule has 0 bridgehead atoms. The van der Waals surface area contributed by atoms with Gasteiger partial charge in [0.05, 0.1) is 10.4 Å². The van der Waals surface area contributed by atoms with E-state index in [-0.39, 0.29) is 15.3 Å². The molecule has 6 nitrogen and oxygen atoms in total. The molecule has 158 valence electrons. The van der Waals surface area contributed by atoms with Gasteiger partial charge in [-0.2, -0.15) is 0 Å². The van der Waals surface area contributed by atoms with Crippen LogP contribution in [0.3, 0.4) is 0 Å². The summed E-state index contributed by atoms with van der Waals surface area (Å²) in [5.74, 6) is -1.05. The van der Waals surface area contributed by atoms with Crippen LogP contribution >= 0.6 is 0 Å². The average Bonchev–Trinajstić information content (AvgIpc) is 2.71. The molecule has 0 aliphatic carbocycles. The summed E-state index contributed by atoms with van der Waals surface area (Å²) in [6.07, 6.45) is 2.80. The first-order valence-corrected chi connectivity index (χ1v) is 12.1. The van der Waals surface area contributed by atoms with Crippen LogP contribution in [-0.2, 0) is 20.8 Å². The Labute approximate surface area is 171 Å². The van der Waals surface area contributed by atoms with Gasteiger partial charge >= 0.3 is 0 Å². The Morgan fingerprint density at radius 2 is 1.90 bits per heavy atom. The first-order valence-electron chi connectivity index (χ1n) is 9.28. The van der Waals surface area contributed by atoms with Crippen molar-refractivity contribution in [3.63, 3.8) is 0 Å². The molecule has 2 heterocycles. The molecule has 1 unspecified atom stereocenters. The second kappa shape index (κ2) is 8.35. The maximum atomic E-state index is 13.3. The minimum atomic E-state index is -4.00. The molecule has 1 aliphatic heterocycles. The lowest BCUT2D eigenvalue weighted by Crippen LogP contribution is -2.53. The zero-order chi connectivity index (χ0) is 21.2. The molecule has 1 aliphatic rings.